The SMILES string of the molecule is CC(=O)O[C@H]1CC[C@@]2(C)C(=CC(NOCCCCl)=C3[C@@H]4CC[C@H](OC(C)=O)[C@@]4(C)CC[C@@H]32)C1. The van der Waals surface area contributed by atoms with Crippen LogP contribution in [0.3, 0.4) is 0 Å². The van der Waals surface area contributed by atoms with Crippen molar-refractivity contribution in [2.24, 2.45) is 22.7 Å². The fraction of sp³-hybridized carbons (Fsp3) is 0.769. The van der Waals surface area contributed by atoms with Gasteiger partial charge in [0.05, 0.1) is 12.3 Å². The molecule has 0 radical (unpaired) electrons. The number of halogens is 1. The zero-order valence-electron chi connectivity index (χ0n) is 20.4. The lowest BCUT2D eigenvalue weighted by atomic mass is 9.50. The molecular formula is C26H38ClNO5. The van der Waals surface area contributed by atoms with Gasteiger partial charge in [0, 0.05) is 31.6 Å². The predicted octanol–water partition coefficient (Wildman–Crippen LogP) is 5.21. The predicted molar refractivity (Wildman–Crippen MR) is 126 cm³/mol. The van der Waals surface area contributed by atoms with Crippen LogP contribution >= 0.6 is 11.6 Å². The number of alkyl halides is 1. The second-order valence-corrected chi connectivity index (χ2v) is 11.1. The number of nitrogens with one attached hydrogen (secondary N) is 1. The van der Waals surface area contributed by atoms with Gasteiger partial charge in [-0.15, -0.1) is 11.6 Å². The van der Waals surface area contributed by atoms with Crippen LogP contribution in [0.5, 0.6) is 0 Å². The van der Waals surface area contributed by atoms with Crippen LogP contribution in [-0.2, 0) is 23.9 Å². The first-order valence-corrected chi connectivity index (χ1v) is 13.0. The van der Waals surface area contributed by atoms with Crippen LogP contribution in [0.1, 0.15) is 79.1 Å². The number of allylic oxidation sites excluding steroid dienone is 2. The van der Waals surface area contributed by atoms with Gasteiger partial charge < -0.3 is 9.47 Å². The third kappa shape index (κ3) is 4.58. The Morgan fingerprint density at radius 1 is 1.06 bits per heavy atom. The lowest BCUT2D eigenvalue weighted by Crippen LogP contribution is -2.49. The van der Waals surface area contributed by atoms with Crippen LogP contribution in [-0.4, -0.2) is 36.6 Å². The van der Waals surface area contributed by atoms with Gasteiger partial charge in [-0.3, -0.25) is 19.9 Å². The van der Waals surface area contributed by atoms with Crippen LogP contribution in [0.4, 0.5) is 0 Å². The summed E-state index contributed by atoms with van der Waals surface area (Å²) in [5, 5.41) is 0. The summed E-state index contributed by atoms with van der Waals surface area (Å²) in [6.45, 7) is 8.23. The largest absolute Gasteiger partial charge is 0.462 e. The van der Waals surface area contributed by atoms with Crippen LogP contribution < -0.4 is 5.48 Å². The molecule has 184 valence electrons. The Bertz CT molecular complexity index is 854. The molecule has 0 aromatic carbocycles. The molecule has 4 aliphatic carbocycles. The highest BCUT2D eigenvalue weighted by Gasteiger charge is 2.58. The lowest BCUT2D eigenvalue weighted by Gasteiger charge is -2.55. The molecule has 3 saturated carbocycles. The highest BCUT2D eigenvalue weighted by atomic mass is 35.5. The third-order valence-electron chi connectivity index (χ3n) is 8.74. The molecule has 0 saturated heterocycles. The number of hydroxylamine groups is 1. The average molecular weight is 480 g/mol. The van der Waals surface area contributed by atoms with Gasteiger partial charge in [0.2, 0.25) is 0 Å². The quantitative estimate of drug-likeness (QED) is 0.234. The van der Waals surface area contributed by atoms with E-state index in [-0.39, 0.29) is 35.0 Å². The van der Waals surface area contributed by atoms with Crippen molar-refractivity contribution < 1.29 is 23.9 Å². The number of rotatable bonds is 7. The van der Waals surface area contributed by atoms with Gasteiger partial charge in [0.25, 0.3) is 0 Å². The van der Waals surface area contributed by atoms with Gasteiger partial charge in [-0.2, -0.15) is 0 Å². The molecule has 6 nitrogen and oxygen atoms in total. The van der Waals surface area contributed by atoms with Crippen molar-refractivity contribution >= 4 is 23.5 Å². The van der Waals surface area contributed by atoms with Crippen molar-refractivity contribution in [2.75, 3.05) is 12.5 Å². The van der Waals surface area contributed by atoms with Crippen LogP contribution in [0, 0.1) is 22.7 Å². The molecule has 0 unspecified atom stereocenters. The number of hydrogen-bond acceptors (Lipinski definition) is 6. The van der Waals surface area contributed by atoms with Crippen molar-refractivity contribution in [3.8, 4) is 0 Å². The Kier molecular flexibility index (Phi) is 7.16. The molecule has 0 aromatic heterocycles. The summed E-state index contributed by atoms with van der Waals surface area (Å²) in [6, 6.07) is 0. The zero-order chi connectivity index (χ0) is 23.8. The standard InChI is InChI=1S/C26H38ClNO5/c1-16(29)32-19-8-10-25(3)18(14-19)15-22(28-31-13-5-12-27)24-20-6-7-23(33-17(2)30)26(20,4)11-9-21(24)25/h15,19-21,23,28H,5-14H2,1-4H3/t19-,20-,21-,23-,25-,26-/m0/s1. The maximum Gasteiger partial charge on any atom is 0.302 e. The fourth-order valence-corrected chi connectivity index (χ4v) is 7.20. The molecule has 4 aliphatic rings. The Labute approximate surface area is 202 Å². The van der Waals surface area contributed by atoms with E-state index in [2.05, 4.69) is 25.4 Å². The summed E-state index contributed by atoms with van der Waals surface area (Å²) >= 11 is 5.83. The van der Waals surface area contributed by atoms with E-state index in [0.717, 1.165) is 57.1 Å². The summed E-state index contributed by atoms with van der Waals surface area (Å²) in [7, 11) is 0. The maximum absolute atomic E-state index is 11.8. The van der Waals surface area contributed by atoms with Gasteiger partial charge in [0.1, 0.15) is 12.2 Å². The summed E-state index contributed by atoms with van der Waals surface area (Å²) in [4.78, 5) is 29.2. The summed E-state index contributed by atoms with van der Waals surface area (Å²) in [5.41, 5.74) is 7.09. The molecule has 0 spiro atoms. The highest BCUT2D eigenvalue weighted by Crippen LogP contribution is 2.64. The van der Waals surface area contributed by atoms with E-state index in [4.69, 9.17) is 25.9 Å². The minimum atomic E-state index is -0.213. The molecule has 0 heterocycles. The van der Waals surface area contributed by atoms with E-state index in [0.29, 0.717) is 24.3 Å². The summed E-state index contributed by atoms with van der Waals surface area (Å²) < 4.78 is 11.4. The number of carbonyl (C=O) groups is 2. The smallest absolute Gasteiger partial charge is 0.302 e. The van der Waals surface area contributed by atoms with Gasteiger partial charge >= 0.3 is 11.9 Å². The minimum absolute atomic E-state index is 0.0373. The number of carbonyl (C=O) groups excluding carboxylic acids is 2. The van der Waals surface area contributed by atoms with Crippen LogP contribution in [0.2, 0.25) is 0 Å². The fourth-order valence-electron chi connectivity index (χ4n) is 7.09. The van der Waals surface area contributed by atoms with E-state index in [1.807, 2.05) is 0 Å². The number of esters is 2. The van der Waals surface area contributed by atoms with Crippen LogP contribution in [0.25, 0.3) is 0 Å². The summed E-state index contributed by atoms with van der Waals surface area (Å²) in [5.74, 6) is 0.909. The average Bonchev–Trinajstić information content (AvgIpc) is 3.07. The molecule has 0 aliphatic heterocycles. The zero-order valence-corrected chi connectivity index (χ0v) is 21.1. The van der Waals surface area contributed by atoms with E-state index >= 15 is 0 Å². The molecule has 1 N–H and O–H groups in total. The molecule has 0 aromatic rings. The number of ether oxygens (including phenoxy) is 2. The Balaban J connectivity index is 1.69. The van der Waals surface area contributed by atoms with E-state index in [9.17, 15) is 9.59 Å². The molecule has 4 rings (SSSR count). The lowest BCUT2D eigenvalue weighted by molar-refractivity contribution is -0.153. The Hall–Kier alpha value is -1.53. The Morgan fingerprint density at radius 3 is 2.52 bits per heavy atom. The van der Waals surface area contributed by atoms with Crippen molar-refractivity contribution in [3.05, 3.63) is 22.9 Å². The summed E-state index contributed by atoms with van der Waals surface area (Å²) in [6.07, 6.45) is 9.62. The maximum atomic E-state index is 11.8. The van der Waals surface area contributed by atoms with Gasteiger partial charge in [-0.05, 0) is 73.8 Å². The van der Waals surface area contributed by atoms with Gasteiger partial charge in [-0.1, -0.05) is 19.4 Å². The Morgan fingerprint density at radius 2 is 1.82 bits per heavy atom. The van der Waals surface area contributed by atoms with E-state index in [1.165, 1.54) is 25.0 Å². The van der Waals surface area contributed by atoms with E-state index in [1.54, 1.807) is 0 Å². The molecule has 0 amide bonds. The van der Waals surface area contributed by atoms with Crippen molar-refractivity contribution in [3.63, 3.8) is 0 Å². The first kappa shape index (κ1) is 24.6. The van der Waals surface area contributed by atoms with Gasteiger partial charge in [0.15, 0.2) is 0 Å². The minimum Gasteiger partial charge on any atom is -0.462 e. The highest BCUT2D eigenvalue weighted by molar-refractivity contribution is 6.17. The number of hydrogen-bond donors (Lipinski definition) is 1. The second-order valence-electron chi connectivity index (χ2n) is 10.7. The second kappa shape index (κ2) is 9.61. The number of fused-ring (bicyclic) bond motifs is 5. The first-order valence-electron chi connectivity index (χ1n) is 12.4. The first-order chi connectivity index (χ1) is 15.7. The van der Waals surface area contributed by atoms with Gasteiger partial charge in [-0.25, -0.2) is 0 Å². The molecule has 3 fully saturated rings. The molecule has 0 bridgehead atoms. The molecule has 33 heavy (non-hydrogen) atoms. The normalized spacial score (nSPS) is 37.4. The van der Waals surface area contributed by atoms with Crippen LogP contribution in [0.15, 0.2) is 22.9 Å². The third-order valence-corrected chi connectivity index (χ3v) is 9.01. The van der Waals surface area contributed by atoms with Crippen molar-refractivity contribution in [2.45, 2.75) is 91.3 Å². The van der Waals surface area contributed by atoms with E-state index < -0.39 is 0 Å². The van der Waals surface area contributed by atoms with Crippen molar-refractivity contribution in [1.82, 2.24) is 5.48 Å². The molecule has 7 heteroatoms. The molecule has 6 atom stereocenters. The topological polar surface area (TPSA) is 73.9 Å². The molecular weight excluding hydrogens is 442 g/mol. The van der Waals surface area contributed by atoms with Crippen molar-refractivity contribution in [1.29, 1.82) is 0 Å². The monoisotopic (exact) mass is 479 g/mol.